The number of phenols is 1. The lowest BCUT2D eigenvalue weighted by Gasteiger charge is -2.14. The highest BCUT2D eigenvalue weighted by molar-refractivity contribution is 6.05. The largest absolute Gasteiger partial charge is 0.507 e. The number of nitrogens with zero attached hydrogens (tertiary/aromatic N) is 1. The summed E-state index contributed by atoms with van der Waals surface area (Å²) in [5.41, 5.74) is 1.21. The van der Waals surface area contributed by atoms with Gasteiger partial charge in [0.15, 0.2) is 0 Å². The molecule has 0 saturated heterocycles. The number of amides is 1. The topological polar surface area (TPSA) is 70.9 Å². The summed E-state index contributed by atoms with van der Waals surface area (Å²) in [6, 6.07) is 7.01. The Balaban J connectivity index is 2.00. The predicted molar refractivity (Wildman–Crippen MR) is 72.0 cm³/mol. The van der Waals surface area contributed by atoms with Gasteiger partial charge in [-0.1, -0.05) is 24.2 Å². The second kappa shape index (κ2) is 5.73. The second-order valence-electron chi connectivity index (χ2n) is 4.67. The number of hydrogen-bond donors (Lipinski definition) is 2. The van der Waals surface area contributed by atoms with Gasteiger partial charge in [-0.3, -0.25) is 4.79 Å². The highest BCUT2D eigenvalue weighted by Gasteiger charge is 2.30. The fourth-order valence-corrected chi connectivity index (χ4v) is 1.83. The van der Waals surface area contributed by atoms with Gasteiger partial charge in [-0.25, -0.2) is 0 Å². The number of benzene rings is 1. The van der Waals surface area contributed by atoms with E-state index in [2.05, 4.69) is 10.5 Å². The Morgan fingerprint density at radius 2 is 2.32 bits per heavy atom. The summed E-state index contributed by atoms with van der Waals surface area (Å²) in [7, 11) is 0. The van der Waals surface area contributed by atoms with E-state index in [4.69, 9.17) is 4.84 Å². The summed E-state index contributed by atoms with van der Waals surface area (Å²) in [4.78, 5) is 17.1. The van der Waals surface area contributed by atoms with Gasteiger partial charge in [-0.15, -0.1) is 0 Å². The molecule has 102 valence electrons. The van der Waals surface area contributed by atoms with Crippen molar-refractivity contribution in [1.82, 2.24) is 5.32 Å². The average Bonchev–Trinajstić information content (AvgIpc) is 2.88. The summed E-state index contributed by atoms with van der Waals surface area (Å²) < 4.78 is 0. The minimum Gasteiger partial charge on any atom is -0.507 e. The Kier molecular flexibility index (Phi) is 4.04. The zero-order chi connectivity index (χ0) is 13.8. The first-order valence-electron chi connectivity index (χ1n) is 6.43. The van der Waals surface area contributed by atoms with Gasteiger partial charge in [0.1, 0.15) is 5.75 Å². The molecule has 0 bridgehead atoms. The number of rotatable bonds is 4. The molecule has 1 heterocycles. The fourth-order valence-electron chi connectivity index (χ4n) is 1.83. The highest BCUT2D eigenvalue weighted by atomic mass is 16.6. The molecule has 1 aliphatic heterocycles. The van der Waals surface area contributed by atoms with Crippen LogP contribution in [0.5, 0.6) is 5.75 Å². The van der Waals surface area contributed by atoms with Gasteiger partial charge < -0.3 is 15.3 Å². The maximum Gasteiger partial charge on any atom is 0.264 e. The van der Waals surface area contributed by atoms with Crippen molar-refractivity contribution in [3.05, 3.63) is 29.8 Å². The van der Waals surface area contributed by atoms with E-state index < -0.39 is 6.10 Å². The first-order valence-corrected chi connectivity index (χ1v) is 6.43. The Labute approximate surface area is 112 Å². The van der Waals surface area contributed by atoms with Crippen molar-refractivity contribution >= 4 is 11.6 Å². The zero-order valence-corrected chi connectivity index (χ0v) is 11.1. The summed E-state index contributed by atoms with van der Waals surface area (Å²) in [6.45, 7) is 3.95. The molecule has 0 radical (unpaired) electrons. The van der Waals surface area contributed by atoms with Crippen molar-refractivity contribution < 1.29 is 14.7 Å². The molecule has 0 spiro atoms. The van der Waals surface area contributed by atoms with Gasteiger partial charge in [0.2, 0.25) is 6.10 Å². The Hall–Kier alpha value is -2.04. The van der Waals surface area contributed by atoms with E-state index in [0.717, 1.165) is 6.42 Å². The van der Waals surface area contributed by atoms with Crippen LogP contribution < -0.4 is 5.32 Å². The molecule has 1 aromatic rings. The molecular weight excluding hydrogens is 244 g/mol. The minimum absolute atomic E-state index is 0.116. The molecule has 1 aromatic carbocycles. The Morgan fingerprint density at radius 3 is 3.00 bits per heavy atom. The van der Waals surface area contributed by atoms with Gasteiger partial charge in [0, 0.05) is 18.0 Å². The van der Waals surface area contributed by atoms with Gasteiger partial charge in [-0.05, 0) is 25.5 Å². The van der Waals surface area contributed by atoms with Crippen LogP contribution in [0.1, 0.15) is 32.3 Å². The number of para-hydroxylation sites is 1. The molecule has 2 atom stereocenters. The number of aromatic hydroxyl groups is 1. The first kappa shape index (κ1) is 13.4. The molecular formula is C14H18N2O3. The first-order chi connectivity index (χ1) is 9.11. The molecule has 0 unspecified atom stereocenters. The van der Waals surface area contributed by atoms with Crippen molar-refractivity contribution in [2.75, 3.05) is 0 Å². The normalized spacial score (nSPS) is 19.5. The zero-order valence-electron chi connectivity index (χ0n) is 11.1. The SMILES string of the molecule is CC[C@H](C)NC(=O)[C@H]1CC(c2ccccc2O)=NO1. The molecule has 0 fully saturated rings. The average molecular weight is 262 g/mol. The van der Waals surface area contributed by atoms with E-state index in [0.29, 0.717) is 17.7 Å². The van der Waals surface area contributed by atoms with Crippen LogP contribution in [-0.2, 0) is 9.63 Å². The van der Waals surface area contributed by atoms with E-state index in [9.17, 15) is 9.90 Å². The smallest absolute Gasteiger partial charge is 0.264 e. The molecule has 19 heavy (non-hydrogen) atoms. The number of hydrogen-bond acceptors (Lipinski definition) is 4. The second-order valence-corrected chi connectivity index (χ2v) is 4.67. The maximum absolute atomic E-state index is 11.9. The molecule has 0 aromatic heterocycles. The van der Waals surface area contributed by atoms with Crippen LogP contribution in [0.2, 0.25) is 0 Å². The van der Waals surface area contributed by atoms with Crippen molar-refractivity contribution in [2.45, 2.75) is 38.8 Å². The molecule has 5 nitrogen and oxygen atoms in total. The lowest BCUT2D eigenvalue weighted by molar-refractivity contribution is -0.131. The van der Waals surface area contributed by atoms with Crippen LogP contribution >= 0.6 is 0 Å². The third kappa shape index (κ3) is 3.05. The molecule has 1 aliphatic rings. The highest BCUT2D eigenvalue weighted by Crippen LogP contribution is 2.23. The van der Waals surface area contributed by atoms with Crippen LogP contribution in [0.4, 0.5) is 0 Å². The number of carbonyl (C=O) groups excluding carboxylic acids is 1. The van der Waals surface area contributed by atoms with E-state index in [-0.39, 0.29) is 17.7 Å². The summed E-state index contributed by atoms with van der Waals surface area (Å²) in [5, 5.41) is 16.5. The van der Waals surface area contributed by atoms with E-state index in [1.165, 1.54) is 0 Å². The van der Waals surface area contributed by atoms with E-state index >= 15 is 0 Å². The van der Waals surface area contributed by atoms with Crippen molar-refractivity contribution in [3.8, 4) is 5.75 Å². The van der Waals surface area contributed by atoms with Crippen molar-refractivity contribution in [3.63, 3.8) is 0 Å². The lowest BCUT2D eigenvalue weighted by atomic mass is 10.0. The van der Waals surface area contributed by atoms with E-state index in [1.807, 2.05) is 19.9 Å². The fraction of sp³-hybridized carbons (Fsp3) is 0.429. The summed E-state index contributed by atoms with van der Waals surface area (Å²) in [6.07, 6.45) is 0.634. The quantitative estimate of drug-likeness (QED) is 0.869. The van der Waals surface area contributed by atoms with Crippen LogP contribution in [0.3, 0.4) is 0 Å². The van der Waals surface area contributed by atoms with Crippen LogP contribution in [0.15, 0.2) is 29.4 Å². The van der Waals surface area contributed by atoms with E-state index in [1.54, 1.807) is 18.2 Å². The monoisotopic (exact) mass is 262 g/mol. The third-order valence-electron chi connectivity index (χ3n) is 3.18. The number of nitrogens with one attached hydrogen (secondary N) is 1. The summed E-state index contributed by atoms with van der Waals surface area (Å²) >= 11 is 0. The molecule has 5 heteroatoms. The van der Waals surface area contributed by atoms with Crippen molar-refractivity contribution in [1.29, 1.82) is 0 Å². The standard InChI is InChI=1S/C14H18N2O3/c1-3-9(2)15-14(18)13-8-11(16-19-13)10-6-4-5-7-12(10)17/h4-7,9,13,17H,3,8H2,1-2H3,(H,15,18)/t9-,13+/m0/s1. The molecule has 2 rings (SSSR count). The molecule has 0 saturated carbocycles. The molecule has 0 aliphatic carbocycles. The maximum atomic E-state index is 11.9. The number of carbonyl (C=O) groups is 1. The van der Waals surface area contributed by atoms with Gasteiger partial charge >= 0.3 is 0 Å². The van der Waals surface area contributed by atoms with Crippen molar-refractivity contribution in [2.24, 2.45) is 5.16 Å². The number of phenolic OH excluding ortho intramolecular Hbond substituents is 1. The van der Waals surface area contributed by atoms with Gasteiger partial charge in [0.25, 0.3) is 5.91 Å². The Bertz CT molecular complexity index is 499. The van der Waals surface area contributed by atoms with Gasteiger partial charge in [-0.2, -0.15) is 0 Å². The number of oxime groups is 1. The van der Waals surface area contributed by atoms with Crippen LogP contribution in [0, 0.1) is 0 Å². The Morgan fingerprint density at radius 1 is 1.58 bits per heavy atom. The lowest BCUT2D eigenvalue weighted by Crippen LogP contribution is -2.39. The van der Waals surface area contributed by atoms with Gasteiger partial charge in [0.05, 0.1) is 5.71 Å². The molecule has 2 N–H and O–H groups in total. The van der Waals surface area contributed by atoms with Crippen LogP contribution in [-0.4, -0.2) is 28.9 Å². The van der Waals surface area contributed by atoms with Crippen LogP contribution in [0.25, 0.3) is 0 Å². The predicted octanol–water partition coefficient (Wildman–Crippen LogP) is 1.80. The summed E-state index contributed by atoms with van der Waals surface area (Å²) in [5.74, 6) is -0.0173. The minimum atomic E-state index is -0.608. The third-order valence-corrected chi connectivity index (χ3v) is 3.18. The molecule has 1 amide bonds.